The van der Waals surface area contributed by atoms with E-state index >= 15 is 0 Å². The zero-order valence-electron chi connectivity index (χ0n) is 15.2. The number of hydrogen-bond acceptors (Lipinski definition) is 6. The fourth-order valence-corrected chi connectivity index (χ4v) is 5.50. The van der Waals surface area contributed by atoms with E-state index in [0.29, 0.717) is 17.9 Å². The van der Waals surface area contributed by atoms with Crippen LogP contribution in [-0.4, -0.2) is 21.5 Å². The van der Waals surface area contributed by atoms with Gasteiger partial charge in [0.25, 0.3) is 0 Å². The van der Waals surface area contributed by atoms with Gasteiger partial charge in [-0.2, -0.15) is 5.26 Å². The number of carbonyl (C=O) groups excluding carboxylic acids is 1. The van der Waals surface area contributed by atoms with Crippen molar-refractivity contribution in [1.29, 1.82) is 5.26 Å². The summed E-state index contributed by atoms with van der Waals surface area (Å²) in [6, 6.07) is 9.12. The number of carbonyl (C=O) groups is 1. The quantitative estimate of drug-likeness (QED) is 0.433. The summed E-state index contributed by atoms with van der Waals surface area (Å²) in [5.41, 5.74) is 0.855. The number of benzene rings is 1. The molecule has 2 fully saturated rings. The van der Waals surface area contributed by atoms with Crippen molar-refractivity contribution in [2.75, 3.05) is 5.75 Å². The normalized spacial score (nSPS) is 28.0. The maximum atomic E-state index is 12.4. The number of oxime groups is 1. The summed E-state index contributed by atoms with van der Waals surface area (Å²) in [5.74, 6) is 0.603. The van der Waals surface area contributed by atoms with Gasteiger partial charge in [-0.15, -0.1) is 0 Å². The lowest BCUT2D eigenvalue weighted by Gasteiger charge is -2.35. The van der Waals surface area contributed by atoms with Crippen molar-refractivity contribution in [1.82, 2.24) is 0 Å². The first-order valence-corrected chi connectivity index (χ1v) is 9.85. The van der Waals surface area contributed by atoms with E-state index < -0.39 is 16.5 Å². The highest BCUT2D eigenvalue weighted by molar-refractivity contribution is 7.80. The van der Waals surface area contributed by atoms with E-state index in [0.717, 1.165) is 18.4 Å². The number of rotatable bonds is 6. The van der Waals surface area contributed by atoms with Crippen LogP contribution >= 0.6 is 0 Å². The molecule has 7 heteroatoms. The summed E-state index contributed by atoms with van der Waals surface area (Å²) < 4.78 is 17.2. The van der Waals surface area contributed by atoms with Gasteiger partial charge in [0.1, 0.15) is 11.9 Å². The fourth-order valence-electron chi connectivity index (χ4n) is 4.27. The molecule has 0 aliphatic heterocycles. The molecule has 6 nitrogen and oxygen atoms in total. The Morgan fingerprint density at radius 3 is 2.62 bits per heavy atom. The Hall–Kier alpha value is -2.04. The Kier molecular flexibility index (Phi) is 5.00. The molecule has 2 bridgehead atoms. The molecule has 2 saturated carbocycles. The van der Waals surface area contributed by atoms with Crippen LogP contribution in [0.1, 0.15) is 44.2 Å². The number of ketones is 1. The largest absolute Gasteiger partial charge is 0.299 e. The van der Waals surface area contributed by atoms with Crippen LogP contribution < -0.4 is 0 Å². The summed E-state index contributed by atoms with van der Waals surface area (Å²) in [5, 5.41) is 12.8. The fraction of sp³-hybridized carbons (Fsp3) is 0.526. The first-order valence-electron chi connectivity index (χ1n) is 8.61. The molecule has 26 heavy (non-hydrogen) atoms. The second kappa shape index (κ2) is 6.93. The molecular formula is C19H22N2O4S. The third-order valence-electron chi connectivity index (χ3n) is 6.17. The van der Waals surface area contributed by atoms with Gasteiger partial charge in [0.05, 0.1) is 5.75 Å². The first kappa shape index (κ1) is 18.7. The zero-order valence-corrected chi connectivity index (χ0v) is 16.0. The topological polar surface area (TPSA) is 88.8 Å². The number of Topliss-reactive ketones (excluding diaryl/α,β-unsaturated/α-hetero) is 1. The van der Waals surface area contributed by atoms with Crippen LogP contribution in [0.15, 0.2) is 29.4 Å². The van der Waals surface area contributed by atoms with E-state index in [1.807, 2.05) is 25.1 Å². The van der Waals surface area contributed by atoms with Crippen molar-refractivity contribution in [3.8, 4) is 6.07 Å². The molecule has 0 heterocycles. The monoisotopic (exact) mass is 374 g/mol. The lowest BCUT2D eigenvalue weighted by atomic mass is 9.70. The average molecular weight is 374 g/mol. The summed E-state index contributed by atoms with van der Waals surface area (Å²) in [4.78, 5) is 17.2. The molecule has 2 aliphatic carbocycles. The number of nitriles is 1. The van der Waals surface area contributed by atoms with Gasteiger partial charge in [0, 0.05) is 17.4 Å². The second-order valence-corrected chi connectivity index (χ2v) is 8.71. The van der Waals surface area contributed by atoms with Crippen LogP contribution in [-0.2, 0) is 25.2 Å². The third kappa shape index (κ3) is 3.08. The van der Waals surface area contributed by atoms with Crippen LogP contribution in [0.3, 0.4) is 0 Å². The molecule has 3 unspecified atom stereocenters. The van der Waals surface area contributed by atoms with Crippen molar-refractivity contribution in [2.24, 2.45) is 21.9 Å². The van der Waals surface area contributed by atoms with Gasteiger partial charge < -0.3 is 0 Å². The van der Waals surface area contributed by atoms with Gasteiger partial charge in [-0.3, -0.25) is 4.79 Å². The van der Waals surface area contributed by atoms with Crippen molar-refractivity contribution >= 4 is 22.6 Å². The minimum absolute atomic E-state index is 0.0263. The van der Waals surface area contributed by atoms with E-state index in [-0.39, 0.29) is 22.7 Å². The van der Waals surface area contributed by atoms with Gasteiger partial charge >= 0.3 is 0 Å². The van der Waals surface area contributed by atoms with Crippen LogP contribution in [0.4, 0.5) is 0 Å². The highest BCUT2D eigenvalue weighted by Crippen LogP contribution is 2.64. The molecule has 0 spiro atoms. The van der Waals surface area contributed by atoms with Crippen LogP contribution in [0, 0.1) is 35.0 Å². The maximum absolute atomic E-state index is 12.4. The predicted octanol–water partition coefficient (Wildman–Crippen LogP) is 3.23. The van der Waals surface area contributed by atoms with Crippen molar-refractivity contribution < 1.29 is 18.3 Å². The van der Waals surface area contributed by atoms with Crippen molar-refractivity contribution in [2.45, 2.75) is 40.0 Å². The lowest BCUT2D eigenvalue weighted by Crippen LogP contribution is -2.41. The van der Waals surface area contributed by atoms with Crippen LogP contribution in [0.5, 0.6) is 0 Å². The minimum Gasteiger partial charge on any atom is -0.299 e. The number of fused-ring (bicyclic) bond motifs is 2. The Labute approximate surface area is 155 Å². The van der Waals surface area contributed by atoms with Gasteiger partial charge in [-0.05, 0) is 36.3 Å². The molecular weight excluding hydrogens is 352 g/mol. The molecule has 1 aromatic carbocycles. The number of nitrogens with zero attached hydrogens (tertiary/aromatic N) is 2. The number of hydrogen-bond donors (Lipinski definition) is 0. The SMILES string of the molecule is Cc1ccc(/C(C#N)=N/OOS(=O)CC23CCC(CC2=O)C3(C)C)cc1. The highest BCUT2D eigenvalue weighted by Gasteiger charge is 2.64. The molecule has 1 aromatic rings. The van der Waals surface area contributed by atoms with Crippen molar-refractivity contribution in [3.05, 3.63) is 35.4 Å². The van der Waals surface area contributed by atoms with E-state index in [9.17, 15) is 14.3 Å². The summed E-state index contributed by atoms with van der Waals surface area (Å²) in [6.45, 7) is 6.07. The second-order valence-electron chi connectivity index (χ2n) is 7.68. The molecule has 0 saturated heterocycles. The Bertz CT molecular complexity index is 810. The molecule has 0 aromatic heterocycles. The average Bonchev–Trinajstić information content (AvgIpc) is 2.94. The lowest BCUT2D eigenvalue weighted by molar-refractivity contribution is -0.197. The summed E-state index contributed by atoms with van der Waals surface area (Å²) in [6.07, 6.45) is 2.25. The molecule has 2 aliphatic rings. The Morgan fingerprint density at radius 1 is 1.38 bits per heavy atom. The zero-order chi connectivity index (χ0) is 18.9. The Morgan fingerprint density at radius 2 is 2.08 bits per heavy atom. The molecule has 0 N–H and O–H groups in total. The molecule has 3 rings (SSSR count). The molecule has 138 valence electrons. The summed E-state index contributed by atoms with van der Waals surface area (Å²) in [7, 11) is 0. The molecule has 3 atom stereocenters. The smallest absolute Gasteiger partial charge is 0.203 e. The predicted molar refractivity (Wildman–Crippen MR) is 97.1 cm³/mol. The standard InChI is InChI=1S/C19H22N2O4S/c1-13-4-6-14(7-5-13)16(11-20)21-24-25-26(23)12-19-9-8-15(10-17(19)22)18(19,2)3/h4-7,15H,8-10,12H2,1-3H3/b21-16+. The van der Waals surface area contributed by atoms with E-state index in [2.05, 4.69) is 19.0 Å². The maximum Gasteiger partial charge on any atom is 0.203 e. The van der Waals surface area contributed by atoms with Crippen LogP contribution in [0.25, 0.3) is 0 Å². The highest BCUT2D eigenvalue weighted by atomic mass is 32.2. The van der Waals surface area contributed by atoms with Gasteiger partial charge in [-0.25, -0.2) is 9.20 Å². The van der Waals surface area contributed by atoms with Crippen LogP contribution in [0.2, 0.25) is 0 Å². The molecule has 0 amide bonds. The minimum atomic E-state index is -1.83. The first-order chi connectivity index (χ1) is 12.3. The van der Waals surface area contributed by atoms with Gasteiger partial charge in [-0.1, -0.05) is 48.0 Å². The van der Waals surface area contributed by atoms with E-state index in [1.165, 1.54) is 0 Å². The number of aryl methyl sites for hydroxylation is 1. The molecule has 0 radical (unpaired) electrons. The van der Waals surface area contributed by atoms with E-state index in [4.69, 9.17) is 9.32 Å². The van der Waals surface area contributed by atoms with Gasteiger partial charge in [0.15, 0.2) is 5.71 Å². The van der Waals surface area contributed by atoms with Gasteiger partial charge in [0.2, 0.25) is 11.1 Å². The van der Waals surface area contributed by atoms with Crippen molar-refractivity contribution in [3.63, 3.8) is 0 Å². The summed E-state index contributed by atoms with van der Waals surface area (Å²) >= 11 is -1.83. The van der Waals surface area contributed by atoms with E-state index in [1.54, 1.807) is 12.1 Å². The Balaban J connectivity index is 1.63. The third-order valence-corrected chi connectivity index (χ3v) is 7.11.